The Bertz CT molecular complexity index is 656. The summed E-state index contributed by atoms with van der Waals surface area (Å²) in [6.45, 7) is 0. The summed E-state index contributed by atoms with van der Waals surface area (Å²) in [5.74, 6) is 0.272. The number of nitriles is 1. The number of benzene rings is 2. The van der Waals surface area contributed by atoms with Gasteiger partial charge >= 0.3 is 0 Å². The average molecular weight is 253 g/mol. The van der Waals surface area contributed by atoms with Crippen molar-refractivity contribution in [3.8, 4) is 22.9 Å². The van der Waals surface area contributed by atoms with E-state index in [0.29, 0.717) is 11.3 Å². The van der Waals surface area contributed by atoms with Crippen LogP contribution in [0.1, 0.15) is 5.56 Å². The molecule has 0 aliphatic rings. The standard InChI is InChI=1S/C16H12FNO/c1-19-13-8-9-16(17)15(11-13)14-7-3-2-5-12(14)6-4-10-18/h2-9,11H,1H3. The van der Waals surface area contributed by atoms with Gasteiger partial charge in [-0.2, -0.15) is 5.26 Å². The highest BCUT2D eigenvalue weighted by molar-refractivity contribution is 5.76. The van der Waals surface area contributed by atoms with Gasteiger partial charge in [-0.15, -0.1) is 0 Å². The molecule has 0 spiro atoms. The van der Waals surface area contributed by atoms with Crippen LogP contribution >= 0.6 is 0 Å². The number of ether oxygens (including phenoxy) is 1. The summed E-state index contributed by atoms with van der Waals surface area (Å²) < 4.78 is 19.1. The Morgan fingerprint density at radius 3 is 2.68 bits per heavy atom. The zero-order chi connectivity index (χ0) is 13.7. The fraction of sp³-hybridized carbons (Fsp3) is 0.0625. The summed E-state index contributed by atoms with van der Waals surface area (Å²) in [6.07, 6.45) is 3.03. The van der Waals surface area contributed by atoms with Gasteiger partial charge in [-0.3, -0.25) is 0 Å². The molecule has 2 rings (SSSR count). The van der Waals surface area contributed by atoms with E-state index >= 15 is 0 Å². The molecule has 0 atom stereocenters. The maximum Gasteiger partial charge on any atom is 0.131 e. The van der Waals surface area contributed by atoms with Crippen molar-refractivity contribution in [3.63, 3.8) is 0 Å². The van der Waals surface area contributed by atoms with Crippen LogP contribution in [0.3, 0.4) is 0 Å². The lowest BCUT2D eigenvalue weighted by molar-refractivity contribution is 0.414. The number of allylic oxidation sites excluding steroid dienone is 1. The predicted octanol–water partition coefficient (Wildman–Crippen LogP) is 4.04. The normalized spacial score (nSPS) is 10.4. The molecular weight excluding hydrogens is 241 g/mol. The Hall–Kier alpha value is -2.60. The molecule has 0 aromatic heterocycles. The molecule has 0 unspecified atom stereocenters. The van der Waals surface area contributed by atoms with Crippen LogP contribution in [0.5, 0.6) is 5.75 Å². The Balaban J connectivity index is 2.59. The Labute approximate surface area is 111 Å². The van der Waals surface area contributed by atoms with Gasteiger partial charge in [-0.25, -0.2) is 4.39 Å². The maximum absolute atomic E-state index is 13.9. The van der Waals surface area contributed by atoms with Crippen molar-refractivity contribution in [2.24, 2.45) is 0 Å². The predicted molar refractivity (Wildman–Crippen MR) is 73.0 cm³/mol. The molecule has 0 saturated heterocycles. The molecule has 0 heterocycles. The molecule has 0 fully saturated rings. The molecule has 2 aromatic rings. The van der Waals surface area contributed by atoms with Gasteiger partial charge in [0.15, 0.2) is 0 Å². The van der Waals surface area contributed by atoms with Gasteiger partial charge in [0.1, 0.15) is 11.6 Å². The largest absolute Gasteiger partial charge is 0.497 e. The molecule has 0 saturated carbocycles. The summed E-state index contributed by atoms with van der Waals surface area (Å²) in [7, 11) is 1.54. The molecule has 0 N–H and O–H groups in total. The van der Waals surface area contributed by atoms with Crippen molar-refractivity contribution in [3.05, 3.63) is 59.9 Å². The number of halogens is 1. The summed E-state index contributed by atoms with van der Waals surface area (Å²) in [4.78, 5) is 0. The second-order valence-corrected chi connectivity index (χ2v) is 3.90. The minimum atomic E-state index is -0.321. The molecule has 2 aromatic carbocycles. The summed E-state index contributed by atoms with van der Waals surface area (Å²) >= 11 is 0. The monoisotopic (exact) mass is 253 g/mol. The highest BCUT2D eigenvalue weighted by atomic mass is 19.1. The third-order valence-electron chi connectivity index (χ3n) is 2.76. The van der Waals surface area contributed by atoms with E-state index in [1.54, 1.807) is 25.3 Å². The highest BCUT2D eigenvalue weighted by Gasteiger charge is 2.09. The van der Waals surface area contributed by atoms with Crippen molar-refractivity contribution in [2.75, 3.05) is 7.11 Å². The lowest BCUT2D eigenvalue weighted by Gasteiger charge is -2.09. The fourth-order valence-electron chi connectivity index (χ4n) is 1.85. The van der Waals surface area contributed by atoms with Gasteiger partial charge in [0.2, 0.25) is 0 Å². The van der Waals surface area contributed by atoms with Crippen LogP contribution in [-0.4, -0.2) is 7.11 Å². The lowest BCUT2D eigenvalue weighted by atomic mass is 9.98. The van der Waals surface area contributed by atoms with E-state index in [9.17, 15) is 4.39 Å². The van der Waals surface area contributed by atoms with Crippen molar-refractivity contribution < 1.29 is 9.13 Å². The smallest absolute Gasteiger partial charge is 0.131 e. The number of hydrogen-bond acceptors (Lipinski definition) is 2. The molecule has 0 aliphatic carbocycles. The molecule has 0 aliphatic heterocycles. The third-order valence-corrected chi connectivity index (χ3v) is 2.76. The first kappa shape index (κ1) is 12.8. The number of nitrogens with zero attached hydrogens (tertiary/aromatic N) is 1. The van der Waals surface area contributed by atoms with Gasteiger partial charge in [-0.05, 0) is 35.4 Å². The quantitative estimate of drug-likeness (QED) is 0.773. The maximum atomic E-state index is 13.9. The van der Waals surface area contributed by atoms with Crippen LogP contribution in [0.2, 0.25) is 0 Å². The number of methoxy groups -OCH3 is 1. The topological polar surface area (TPSA) is 33.0 Å². The molecule has 19 heavy (non-hydrogen) atoms. The van der Waals surface area contributed by atoms with Crippen molar-refractivity contribution in [1.82, 2.24) is 0 Å². The molecule has 3 heteroatoms. The van der Waals surface area contributed by atoms with Gasteiger partial charge < -0.3 is 4.74 Å². The van der Waals surface area contributed by atoms with E-state index in [0.717, 1.165) is 11.1 Å². The Kier molecular flexibility index (Phi) is 3.94. The van der Waals surface area contributed by atoms with Crippen LogP contribution in [0.4, 0.5) is 4.39 Å². The second-order valence-electron chi connectivity index (χ2n) is 3.90. The van der Waals surface area contributed by atoms with Crippen LogP contribution in [0.25, 0.3) is 17.2 Å². The van der Waals surface area contributed by atoms with E-state index in [-0.39, 0.29) is 5.82 Å². The molecular formula is C16H12FNO. The zero-order valence-corrected chi connectivity index (χ0v) is 10.4. The van der Waals surface area contributed by atoms with Crippen molar-refractivity contribution in [1.29, 1.82) is 5.26 Å². The number of hydrogen-bond donors (Lipinski definition) is 0. The zero-order valence-electron chi connectivity index (χ0n) is 10.4. The van der Waals surface area contributed by atoms with Crippen LogP contribution < -0.4 is 4.74 Å². The number of rotatable bonds is 3. The molecule has 94 valence electrons. The van der Waals surface area contributed by atoms with Gasteiger partial charge in [-0.1, -0.05) is 24.3 Å². The van der Waals surface area contributed by atoms with E-state index in [2.05, 4.69) is 0 Å². The fourth-order valence-corrected chi connectivity index (χ4v) is 1.85. The van der Waals surface area contributed by atoms with Crippen molar-refractivity contribution in [2.45, 2.75) is 0 Å². The molecule has 0 bridgehead atoms. The lowest BCUT2D eigenvalue weighted by Crippen LogP contribution is -1.90. The molecule has 2 nitrogen and oxygen atoms in total. The van der Waals surface area contributed by atoms with E-state index in [1.165, 1.54) is 12.1 Å². The van der Waals surface area contributed by atoms with Crippen LogP contribution in [0, 0.1) is 17.1 Å². The van der Waals surface area contributed by atoms with Gasteiger partial charge in [0.25, 0.3) is 0 Å². The van der Waals surface area contributed by atoms with Gasteiger partial charge in [0.05, 0.1) is 13.2 Å². The summed E-state index contributed by atoms with van der Waals surface area (Å²) in [5, 5.41) is 8.59. The minimum absolute atomic E-state index is 0.321. The Morgan fingerprint density at radius 2 is 1.95 bits per heavy atom. The first-order valence-corrected chi connectivity index (χ1v) is 5.75. The first-order valence-electron chi connectivity index (χ1n) is 5.75. The van der Waals surface area contributed by atoms with E-state index in [1.807, 2.05) is 30.3 Å². The van der Waals surface area contributed by atoms with E-state index in [4.69, 9.17) is 10.00 Å². The SMILES string of the molecule is COc1ccc(F)c(-c2ccccc2C=CC#N)c1. The first-order chi connectivity index (χ1) is 9.26. The van der Waals surface area contributed by atoms with Crippen molar-refractivity contribution >= 4 is 6.08 Å². The van der Waals surface area contributed by atoms with E-state index < -0.39 is 0 Å². The average Bonchev–Trinajstić information content (AvgIpc) is 2.46. The summed E-state index contributed by atoms with van der Waals surface area (Å²) in [6, 6.07) is 13.9. The minimum Gasteiger partial charge on any atom is -0.497 e. The highest BCUT2D eigenvalue weighted by Crippen LogP contribution is 2.30. The van der Waals surface area contributed by atoms with Crippen LogP contribution in [0.15, 0.2) is 48.5 Å². The van der Waals surface area contributed by atoms with Gasteiger partial charge in [0, 0.05) is 11.6 Å². The second kappa shape index (κ2) is 5.83. The summed E-state index contributed by atoms with van der Waals surface area (Å²) in [5.41, 5.74) is 1.97. The molecule has 0 amide bonds. The third kappa shape index (κ3) is 2.80. The Morgan fingerprint density at radius 1 is 1.16 bits per heavy atom. The van der Waals surface area contributed by atoms with Crippen LogP contribution in [-0.2, 0) is 0 Å². The molecule has 0 radical (unpaired) electrons.